The molecule has 0 saturated carbocycles. The topological polar surface area (TPSA) is 70.6 Å². The van der Waals surface area contributed by atoms with Gasteiger partial charge in [0.2, 0.25) is 0 Å². The van der Waals surface area contributed by atoms with Gasteiger partial charge < -0.3 is 5.32 Å². The Morgan fingerprint density at radius 1 is 1.56 bits per heavy atom. The van der Waals surface area contributed by atoms with Gasteiger partial charge in [0.25, 0.3) is 0 Å². The molecule has 0 rings (SSSR count). The van der Waals surface area contributed by atoms with Crippen molar-refractivity contribution in [1.29, 1.82) is 0 Å². The second-order valence-electron chi connectivity index (χ2n) is 0.977. The maximum atomic E-state index is 10.2. The number of carbonyl (C=O) groups is 1. The van der Waals surface area contributed by atoms with Gasteiger partial charge in [-0.1, -0.05) is 23.2 Å². The fourth-order valence-corrected chi connectivity index (χ4v) is 0.371. The van der Waals surface area contributed by atoms with Gasteiger partial charge in [0.05, 0.1) is 5.29 Å². The SMILES string of the molecule is O=NNC(=O)NC(Cl)Cl. The van der Waals surface area contributed by atoms with Crippen LogP contribution in [0.4, 0.5) is 4.79 Å². The van der Waals surface area contributed by atoms with Gasteiger partial charge >= 0.3 is 6.03 Å². The molecule has 0 aliphatic carbocycles. The Morgan fingerprint density at radius 3 is 2.44 bits per heavy atom. The average Bonchev–Trinajstić information content (AvgIpc) is 1.63. The maximum Gasteiger partial charge on any atom is 0.339 e. The average molecular weight is 172 g/mol. The molecule has 9 heavy (non-hydrogen) atoms. The van der Waals surface area contributed by atoms with E-state index in [9.17, 15) is 9.70 Å². The quantitative estimate of drug-likeness (QED) is 0.279. The van der Waals surface area contributed by atoms with Crippen LogP contribution in [0, 0.1) is 4.91 Å². The van der Waals surface area contributed by atoms with E-state index in [1.54, 1.807) is 0 Å². The predicted molar refractivity (Wildman–Crippen MR) is 33.0 cm³/mol. The van der Waals surface area contributed by atoms with Crippen molar-refractivity contribution in [2.75, 3.05) is 0 Å². The molecule has 0 aliphatic heterocycles. The highest BCUT2D eigenvalue weighted by molar-refractivity contribution is 6.44. The highest BCUT2D eigenvalue weighted by Crippen LogP contribution is 1.93. The first-order valence-electron chi connectivity index (χ1n) is 1.84. The number of hydrogen-bond acceptors (Lipinski definition) is 3. The van der Waals surface area contributed by atoms with Gasteiger partial charge in [0, 0.05) is 0 Å². The van der Waals surface area contributed by atoms with Gasteiger partial charge in [-0.05, 0) is 0 Å². The van der Waals surface area contributed by atoms with E-state index in [4.69, 9.17) is 23.2 Å². The Balaban J connectivity index is 3.38. The number of carbonyl (C=O) groups excluding carboxylic acids is 1. The largest absolute Gasteiger partial charge is 0.339 e. The molecule has 0 heterocycles. The molecule has 0 spiro atoms. The minimum atomic E-state index is -1.04. The lowest BCUT2D eigenvalue weighted by atomic mass is 11.0. The lowest BCUT2D eigenvalue weighted by molar-refractivity contribution is 0.242. The summed E-state index contributed by atoms with van der Waals surface area (Å²) in [5, 5.41) is 3.99. The molecular formula is C2H3Cl2N3O2. The molecule has 0 unspecified atom stereocenters. The van der Waals surface area contributed by atoms with E-state index >= 15 is 0 Å². The Labute approximate surface area is 60.6 Å². The normalized spacial score (nSPS) is 8.78. The molecule has 2 amide bonds. The molecule has 0 aromatic heterocycles. The zero-order valence-corrected chi connectivity index (χ0v) is 5.61. The van der Waals surface area contributed by atoms with Gasteiger partial charge in [0.15, 0.2) is 4.96 Å². The van der Waals surface area contributed by atoms with E-state index in [0.29, 0.717) is 0 Å². The van der Waals surface area contributed by atoms with Gasteiger partial charge in [-0.2, -0.15) is 5.43 Å². The molecule has 2 N–H and O–H groups in total. The van der Waals surface area contributed by atoms with Crippen molar-refractivity contribution < 1.29 is 4.79 Å². The zero-order valence-electron chi connectivity index (χ0n) is 4.10. The van der Waals surface area contributed by atoms with Crippen LogP contribution in [0.2, 0.25) is 0 Å². The molecule has 0 radical (unpaired) electrons. The first kappa shape index (κ1) is 8.45. The van der Waals surface area contributed by atoms with Crippen LogP contribution >= 0.6 is 23.2 Å². The molecular weight excluding hydrogens is 169 g/mol. The molecule has 0 saturated heterocycles. The summed E-state index contributed by atoms with van der Waals surface area (Å²) in [6, 6.07) is -0.833. The summed E-state index contributed by atoms with van der Waals surface area (Å²) in [6.45, 7) is 0. The molecule has 0 aromatic rings. The van der Waals surface area contributed by atoms with Crippen molar-refractivity contribution in [1.82, 2.24) is 10.7 Å². The molecule has 7 heteroatoms. The van der Waals surface area contributed by atoms with Crippen molar-refractivity contribution in [3.8, 4) is 0 Å². The van der Waals surface area contributed by atoms with E-state index in [1.807, 2.05) is 5.32 Å². The number of nitroso groups, excluding NO2 is 1. The summed E-state index contributed by atoms with van der Waals surface area (Å²) in [6.07, 6.45) is 0. The summed E-state index contributed by atoms with van der Waals surface area (Å²) in [5.74, 6) is 0. The number of rotatable bonds is 2. The number of halogens is 2. The van der Waals surface area contributed by atoms with Crippen LogP contribution in [0.1, 0.15) is 0 Å². The van der Waals surface area contributed by atoms with Crippen molar-refractivity contribution in [2.45, 2.75) is 4.96 Å². The van der Waals surface area contributed by atoms with Gasteiger partial charge in [-0.3, -0.25) is 0 Å². The van der Waals surface area contributed by atoms with Crippen LogP contribution in [0.3, 0.4) is 0 Å². The third-order valence-corrected chi connectivity index (χ3v) is 0.606. The second kappa shape index (κ2) is 4.34. The van der Waals surface area contributed by atoms with E-state index in [2.05, 4.69) is 5.29 Å². The highest BCUT2D eigenvalue weighted by Gasteiger charge is 2.02. The van der Waals surface area contributed by atoms with Crippen LogP contribution in [0.15, 0.2) is 5.29 Å². The number of urea groups is 1. The number of amides is 2. The molecule has 52 valence electrons. The van der Waals surface area contributed by atoms with Gasteiger partial charge in [-0.15, -0.1) is 4.91 Å². The minimum absolute atomic E-state index is 0.833. The fraction of sp³-hybridized carbons (Fsp3) is 0.500. The fourth-order valence-electron chi connectivity index (χ4n) is 0.173. The lowest BCUT2D eigenvalue weighted by Crippen LogP contribution is -2.34. The molecule has 5 nitrogen and oxygen atoms in total. The molecule has 0 aliphatic rings. The van der Waals surface area contributed by atoms with Crippen molar-refractivity contribution >= 4 is 29.2 Å². The maximum absolute atomic E-state index is 10.2. The first-order valence-corrected chi connectivity index (χ1v) is 2.71. The lowest BCUT2D eigenvalue weighted by Gasteiger charge is -1.99. The Morgan fingerprint density at radius 2 is 2.11 bits per heavy atom. The summed E-state index contributed by atoms with van der Waals surface area (Å²) in [5.41, 5.74) is 1.53. The van der Waals surface area contributed by atoms with Gasteiger partial charge in [0.1, 0.15) is 0 Å². The number of nitrogens with one attached hydrogen (secondary N) is 2. The van der Waals surface area contributed by atoms with Crippen LogP contribution in [-0.4, -0.2) is 11.0 Å². The second-order valence-corrected chi connectivity index (χ2v) is 2.07. The summed E-state index contributed by atoms with van der Waals surface area (Å²) < 4.78 is 0. The summed E-state index contributed by atoms with van der Waals surface area (Å²) >= 11 is 10.1. The standard InChI is InChI=1S/C2H3Cl2N3O2/c3-1(4)5-2(8)6-7-9/h1H,(H2,5,6,8,9). The first-order chi connectivity index (χ1) is 4.16. The summed E-state index contributed by atoms with van der Waals surface area (Å²) in [7, 11) is 0. The zero-order chi connectivity index (χ0) is 7.28. The number of nitrogens with zero attached hydrogens (tertiary/aromatic N) is 1. The van der Waals surface area contributed by atoms with E-state index in [-0.39, 0.29) is 0 Å². The monoisotopic (exact) mass is 171 g/mol. The van der Waals surface area contributed by atoms with Crippen molar-refractivity contribution in [2.24, 2.45) is 5.29 Å². The Hall–Kier alpha value is -0.550. The van der Waals surface area contributed by atoms with Crippen LogP contribution in [0.5, 0.6) is 0 Å². The van der Waals surface area contributed by atoms with Gasteiger partial charge in [-0.25, -0.2) is 4.79 Å². The van der Waals surface area contributed by atoms with Crippen LogP contribution in [-0.2, 0) is 0 Å². The van der Waals surface area contributed by atoms with Crippen LogP contribution in [0.25, 0.3) is 0 Å². The van der Waals surface area contributed by atoms with Crippen molar-refractivity contribution in [3.63, 3.8) is 0 Å². The third kappa shape index (κ3) is 5.32. The molecule has 0 aromatic carbocycles. The highest BCUT2D eigenvalue weighted by atomic mass is 35.5. The molecule has 0 fully saturated rings. The Bertz CT molecular complexity index is 116. The van der Waals surface area contributed by atoms with E-state index < -0.39 is 11.0 Å². The van der Waals surface area contributed by atoms with E-state index in [0.717, 1.165) is 0 Å². The van der Waals surface area contributed by atoms with Crippen molar-refractivity contribution in [3.05, 3.63) is 4.91 Å². The smallest absolute Gasteiger partial charge is 0.308 e. The van der Waals surface area contributed by atoms with E-state index in [1.165, 1.54) is 5.43 Å². The van der Waals surface area contributed by atoms with Crippen LogP contribution < -0.4 is 10.7 Å². The Kier molecular flexibility index (Phi) is 4.08. The molecule has 0 bridgehead atoms. The number of alkyl halides is 2. The number of hydrogen-bond donors (Lipinski definition) is 2. The minimum Gasteiger partial charge on any atom is -0.308 e. The molecule has 0 atom stereocenters. The third-order valence-electron chi connectivity index (χ3n) is 0.387. The predicted octanol–water partition coefficient (Wildman–Crippen LogP) is 0.728. The summed E-state index contributed by atoms with van der Waals surface area (Å²) in [4.78, 5) is 18.4.